The van der Waals surface area contributed by atoms with Gasteiger partial charge < -0.3 is 10.6 Å². The number of carbonyl (C=O) groups excluding carboxylic acids is 1. The van der Waals surface area contributed by atoms with Gasteiger partial charge in [-0.25, -0.2) is 18.4 Å². The van der Waals surface area contributed by atoms with Crippen molar-refractivity contribution in [3.05, 3.63) is 57.3 Å². The topological polar surface area (TPSA) is 108 Å². The number of benzene rings is 2. The number of anilines is 1. The van der Waals surface area contributed by atoms with Gasteiger partial charge in [0.05, 0.1) is 22.1 Å². The van der Waals surface area contributed by atoms with Gasteiger partial charge in [0.1, 0.15) is 22.6 Å². The number of para-hydroxylation sites is 1. The normalized spacial score (nSPS) is 21.5. The van der Waals surface area contributed by atoms with E-state index in [1.165, 1.54) is 16.4 Å². The van der Waals surface area contributed by atoms with Crippen LogP contribution in [0.15, 0.2) is 41.3 Å². The summed E-state index contributed by atoms with van der Waals surface area (Å²) >= 11 is 18.5. The zero-order valence-electron chi connectivity index (χ0n) is 20.8. The second-order valence-corrected chi connectivity index (χ2v) is 12.9. The summed E-state index contributed by atoms with van der Waals surface area (Å²) in [5.41, 5.74) is 0.770. The van der Waals surface area contributed by atoms with Crippen molar-refractivity contribution in [3.8, 4) is 0 Å². The number of rotatable bonds is 3. The Bertz CT molecular complexity index is 1480. The Morgan fingerprint density at radius 1 is 1.05 bits per heavy atom. The molecule has 0 saturated carbocycles. The number of nitrogens with one attached hydrogen (secondary N) is 2. The van der Waals surface area contributed by atoms with Gasteiger partial charge in [-0.3, -0.25) is 9.69 Å². The third kappa shape index (κ3) is 5.30. The summed E-state index contributed by atoms with van der Waals surface area (Å²) in [5.74, 6) is 0.982. The van der Waals surface area contributed by atoms with Crippen LogP contribution in [-0.4, -0.2) is 71.8 Å². The van der Waals surface area contributed by atoms with Gasteiger partial charge in [0.15, 0.2) is 0 Å². The monoisotopic (exact) mass is 596 g/mol. The third-order valence-electron chi connectivity index (χ3n) is 6.88. The second-order valence-electron chi connectivity index (χ2n) is 9.80. The van der Waals surface area contributed by atoms with Crippen molar-refractivity contribution < 1.29 is 13.2 Å². The van der Waals surface area contributed by atoms with Crippen LogP contribution in [0.2, 0.25) is 15.1 Å². The number of halogens is 3. The summed E-state index contributed by atoms with van der Waals surface area (Å²) in [4.78, 5) is 24.8. The number of hydrogen-bond acceptors (Lipinski definition) is 7. The van der Waals surface area contributed by atoms with E-state index in [9.17, 15) is 13.2 Å². The molecule has 1 fully saturated rings. The SMILES string of the molecule is CC(C)C1Nc2nc(nc3ccccc23)CN2CCN(S(=O)(=O)c3c(Cl)cc(Cl)cc3Cl)CC2CNC1=O. The lowest BCUT2D eigenvalue weighted by atomic mass is 10.0. The van der Waals surface area contributed by atoms with Gasteiger partial charge in [0, 0.05) is 42.6 Å². The number of sulfonamides is 1. The molecule has 38 heavy (non-hydrogen) atoms. The van der Waals surface area contributed by atoms with Crippen molar-refractivity contribution in [1.82, 2.24) is 24.5 Å². The summed E-state index contributed by atoms with van der Waals surface area (Å²) in [7, 11) is -4.03. The molecule has 0 aliphatic carbocycles. The molecule has 3 aromatic rings. The molecule has 9 nitrogen and oxygen atoms in total. The van der Waals surface area contributed by atoms with E-state index in [0.29, 0.717) is 24.7 Å². The van der Waals surface area contributed by atoms with E-state index in [2.05, 4.69) is 15.5 Å². The molecule has 2 aliphatic rings. The molecule has 2 N–H and O–H groups in total. The average Bonchev–Trinajstić information content (AvgIpc) is 2.86. The van der Waals surface area contributed by atoms with Gasteiger partial charge in [-0.15, -0.1) is 0 Å². The van der Waals surface area contributed by atoms with Gasteiger partial charge in [-0.05, 0) is 30.2 Å². The van der Waals surface area contributed by atoms with Crippen LogP contribution in [0.3, 0.4) is 0 Å². The Morgan fingerprint density at radius 3 is 2.47 bits per heavy atom. The van der Waals surface area contributed by atoms with E-state index in [0.717, 1.165) is 10.9 Å². The summed E-state index contributed by atoms with van der Waals surface area (Å²) < 4.78 is 28.6. The molecule has 5 rings (SSSR count). The number of amides is 1. The van der Waals surface area contributed by atoms with Crippen LogP contribution in [-0.2, 0) is 21.4 Å². The molecule has 3 heterocycles. The molecule has 13 heteroatoms. The lowest BCUT2D eigenvalue weighted by molar-refractivity contribution is -0.123. The zero-order valence-corrected chi connectivity index (χ0v) is 23.9. The van der Waals surface area contributed by atoms with Crippen molar-refractivity contribution in [2.24, 2.45) is 5.92 Å². The molecule has 2 aliphatic heterocycles. The highest BCUT2D eigenvalue weighted by Crippen LogP contribution is 2.35. The van der Waals surface area contributed by atoms with E-state index in [1.54, 1.807) is 0 Å². The molecule has 1 saturated heterocycles. The number of fused-ring (bicyclic) bond motifs is 5. The highest BCUT2D eigenvalue weighted by molar-refractivity contribution is 7.89. The summed E-state index contributed by atoms with van der Waals surface area (Å²) in [6, 6.07) is 9.51. The molecule has 2 atom stereocenters. The minimum atomic E-state index is -4.03. The van der Waals surface area contributed by atoms with Gasteiger partial charge >= 0.3 is 0 Å². The summed E-state index contributed by atoms with van der Waals surface area (Å²) in [5, 5.41) is 7.36. The summed E-state index contributed by atoms with van der Waals surface area (Å²) in [6.07, 6.45) is 0. The zero-order chi connectivity index (χ0) is 27.2. The molecular weight excluding hydrogens is 571 g/mol. The maximum atomic E-state index is 13.6. The van der Waals surface area contributed by atoms with Gasteiger partial charge in [-0.2, -0.15) is 4.31 Å². The first-order chi connectivity index (χ1) is 18.0. The Hall–Kier alpha value is -2.21. The minimum absolute atomic E-state index is 0.0264. The Kier molecular flexibility index (Phi) is 7.74. The number of carbonyl (C=O) groups is 1. The fourth-order valence-electron chi connectivity index (χ4n) is 4.89. The van der Waals surface area contributed by atoms with Crippen LogP contribution in [0.4, 0.5) is 5.82 Å². The van der Waals surface area contributed by atoms with Gasteiger partial charge in [0.25, 0.3) is 0 Å². The minimum Gasteiger partial charge on any atom is -0.358 e. The average molecular weight is 598 g/mol. The van der Waals surface area contributed by atoms with Crippen LogP contribution in [0, 0.1) is 5.92 Å². The number of nitrogens with zero attached hydrogens (tertiary/aromatic N) is 4. The van der Waals surface area contributed by atoms with Crippen LogP contribution in [0.5, 0.6) is 0 Å². The highest BCUT2D eigenvalue weighted by Gasteiger charge is 2.38. The van der Waals surface area contributed by atoms with Crippen LogP contribution in [0.25, 0.3) is 10.9 Å². The van der Waals surface area contributed by atoms with Gasteiger partial charge in [-0.1, -0.05) is 60.8 Å². The molecule has 2 unspecified atom stereocenters. The van der Waals surface area contributed by atoms with E-state index in [4.69, 9.17) is 44.8 Å². The molecule has 2 bridgehead atoms. The van der Waals surface area contributed by atoms with Gasteiger partial charge in [0.2, 0.25) is 15.9 Å². The quantitative estimate of drug-likeness (QED) is 0.469. The standard InChI is InChI=1S/C25H27Cl3N6O3S/c1-14(2)22-25(35)29-11-16-12-34(38(36,37)23-18(27)9-15(26)10-19(23)28)8-7-33(16)13-21-30-20-6-4-3-5-17(20)24(31-21)32-22/h3-6,9-10,14,16,22H,7-8,11-13H2,1-2H3,(H,29,35)(H,30,31,32). The van der Waals surface area contributed by atoms with Crippen molar-refractivity contribution in [3.63, 3.8) is 0 Å². The third-order valence-corrected chi connectivity index (χ3v) is 9.88. The number of aromatic nitrogens is 2. The molecule has 2 aromatic carbocycles. The lowest BCUT2D eigenvalue weighted by Gasteiger charge is -2.40. The fourth-order valence-corrected chi connectivity index (χ4v) is 7.85. The van der Waals surface area contributed by atoms with E-state index in [-0.39, 0.29) is 57.5 Å². The van der Waals surface area contributed by atoms with Crippen molar-refractivity contribution >= 4 is 67.5 Å². The van der Waals surface area contributed by atoms with E-state index >= 15 is 0 Å². The Labute approximate surface area is 236 Å². The first-order valence-corrected chi connectivity index (χ1v) is 14.8. The number of piperazine rings is 1. The second kappa shape index (κ2) is 10.7. The van der Waals surface area contributed by atoms with Crippen molar-refractivity contribution in [2.75, 3.05) is 31.5 Å². The van der Waals surface area contributed by atoms with E-state index in [1.807, 2.05) is 38.1 Å². The first-order valence-electron chi connectivity index (χ1n) is 12.2. The fraction of sp³-hybridized carbons (Fsp3) is 0.400. The highest BCUT2D eigenvalue weighted by atomic mass is 35.5. The predicted molar refractivity (Wildman–Crippen MR) is 149 cm³/mol. The molecule has 202 valence electrons. The molecule has 0 radical (unpaired) electrons. The molecule has 1 aromatic heterocycles. The van der Waals surface area contributed by atoms with Crippen LogP contribution < -0.4 is 10.6 Å². The van der Waals surface area contributed by atoms with Crippen LogP contribution in [0.1, 0.15) is 19.7 Å². The van der Waals surface area contributed by atoms with Crippen LogP contribution >= 0.6 is 34.8 Å². The smallest absolute Gasteiger partial charge is 0.246 e. The largest absolute Gasteiger partial charge is 0.358 e. The molecule has 1 amide bonds. The Balaban J connectivity index is 1.50. The van der Waals surface area contributed by atoms with Crippen molar-refractivity contribution in [2.45, 2.75) is 37.4 Å². The lowest BCUT2D eigenvalue weighted by Crippen LogP contribution is -2.58. The van der Waals surface area contributed by atoms with E-state index < -0.39 is 16.1 Å². The van der Waals surface area contributed by atoms with Crippen molar-refractivity contribution in [1.29, 1.82) is 0 Å². The predicted octanol–water partition coefficient (Wildman–Crippen LogP) is 4.03. The summed E-state index contributed by atoms with van der Waals surface area (Å²) in [6.45, 7) is 5.28. The maximum Gasteiger partial charge on any atom is 0.246 e. The molecule has 0 spiro atoms. The molecular formula is C25H27Cl3N6O3S. The first kappa shape index (κ1) is 27.4. The Morgan fingerprint density at radius 2 is 1.76 bits per heavy atom. The maximum absolute atomic E-state index is 13.6. The number of hydrogen-bond donors (Lipinski definition) is 2.